The summed E-state index contributed by atoms with van der Waals surface area (Å²) in [5, 5.41) is 0. The number of imidazole rings is 1. The Morgan fingerprint density at radius 2 is 2.10 bits per heavy atom. The van der Waals surface area contributed by atoms with Crippen molar-refractivity contribution in [2.45, 2.75) is 32.4 Å². The van der Waals surface area contributed by atoms with Gasteiger partial charge in [0.2, 0.25) is 0 Å². The van der Waals surface area contributed by atoms with E-state index in [0.717, 1.165) is 31.7 Å². The number of hydrogen-bond donors (Lipinski definition) is 1. The Bertz CT molecular complexity index is 547. The number of hydrogen-bond acceptors (Lipinski definition) is 3. The highest BCUT2D eigenvalue weighted by atomic mass is 15.1. The highest BCUT2D eigenvalue weighted by Crippen LogP contribution is 2.20. The molecule has 2 unspecified atom stereocenters. The lowest BCUT2D eigenvalue weighted by atomic mass is 9.90. The monoisotopic (exact) mass is 284 g/mol. The van der Waals surface area contributed by atoms with Gasteiger partial charge in [-0.2, -0.15) is 0 Å². The number of rotatable bonds is 4. The third kappa shape index (κ3) is 3.34. The molecule has 4 nitrogen and oxygen atoms in total. The number of benzene rings is 1. The van der Waals surface area contributed by atoms with E-state index in [0.29, 0.717) is 12.0 Å². The van der Waals surface area contributed by atoms with Gasteiger partial charge in [-0.3, -0.25) is 4.90 Å². The van der Waals surface area contributed by atoms with Gasteiger partial charge in [0.15, 0.2) is 0 Å². The van der Waals surface area contributed by atoms with Gasteiger partial charge < -0.3 is 10.3 Å². The molecule has 2 aromatic rings. The summed E-state index contributed by atoms with van der Waals surface area (Å²) >= 11 is 0. The van der Waals surface area contributed by atoms with Crippen LogP contribution >= 0.6 is 0 Å². The highest BCUT2D eigenvalue weighted by Gasteiger charge is 2.24. The van der Waals surface area contributed by atoms with E-state index < -0.39 is 0 Å². The number of aromatic nitrogens is 2. The molecule has 3 rings (SSSR count). The zero-order valence-electron chi connectivity index (χ0n) is 12.7. The van der Waals surface area contributed by atoms with Crippen molar-refractivity contribution in [1.29, 1.82) is 0 Å². The minimum atomic E-state index is 0.384. The fourth-order valence-electron chi connectivity index (χ4n) is 3.14. The van der Waals surface area contributed by atoms with Gasteiger partial charge in [0.25, 0.3) is 0 Å². The summed E-state index contributed by atoms with van der Waals surface area (Å²) < 4.78 is 2.02. The van der Waals surface area contributed by atoms with Crippen LogP contribution in [-0.2, 0) is 6.54 Å². The summed E-state index contributed by atoms with van der Waals surface area (Å²) in [6.07, 6.45) is 7.89. The van der Waals surface area contributed by atoms with E-state index in [9.17, 15) is 0 Å². The predicted octanol–water partition coefficient (Wildman–Crippen LogP) is 2.43. The third-order valence-electron chi connectivity index (χ3n) is 4.55. The quantitative estimate of drug-likeness (QED) is 0.938. The average Bonchev–Trinajstić information content (AvgIpc) is 3.04. The molecular weight excluding hydrogens is 260 g/mol. The zero-order chi connectivity index (χ0) is 14.7. The molecule has 2 atom stereocenters. The molecule has 21 heavy (non-hydrogen) atoms. The average molecular weight is 284 g/mol. The van der Waals surface area contributed by atoms with Crippen molar-refractivity contribution in [2.75, 3.05) is 13.1 Å². The van der Waals surface area contributed by atoms with Gasteiger partial charge in [-0.25, -0.2) is 4.98 Å². The van der Waals surface area contributed by atoms with Gasteiger partial charge in [-0.1, -0.05) is 25.5 Å². The van der Waals surface area contributed by atoms with Crippen LogP contribution in [0.5, 0.6) is 0 Å². The first-order valence-corrected chi connectivity index (χ1v) is 7.81. The van der Waals surface area contributed by atoms with Crippen LogP contribution in [0.1, 0.15) is 25.3 Å². The Morgan fingerprint density at radius 3 is 2.76 bits per heavy atom. The number of piperidine rings is 1. The predicted molar refractivity (Wildman–Crippen MR) is 85.2 cm³/mol. The third-order valence-corrected chi connectivity index (χ3v) is 4.55. The molecule has 2 N–H and O–H groups in total. The second-order valence-corrected chi connectivity index (χ2v) is 5.99. The van der Waals surface area contributed by atoms with Gasteiger partial charge in [0.1, 0.15) is 0 Å². The smallest absolute Gasteiger partial charge is 0.0991 e. The van der Waals surface area contributed by atoms with Crippen molar-refractivity contribution in [3.8, 4) is 5.69 Å². The topological polar surface area (TPSA) is 47.1 Å². The van der Waals surface area contributed by atoms with Gasteiger partial charge in [-0.15, -0.1) is 0 Å². The van der Waals surface area contributed by atoms with Crippen LogP contribution in [0.4, 0.5) is 0 Å². The van der Waals surface area contributed by atoms with E-state index in [-0.39, 0.29) is 0 Å². The van der Waals surface area contributed by atoms with E-state index >= 15 is 0 Å². The van der Waals surface area contributed by atoms with Crippen LogP contribution in [0.25, 0.3) is 5.69 Å². The summed E-state index contributed by atoms with van der Waals surface area (Å²) in [6, 6.07) is 9.12. The van der Waals surface area contributed by atoms with Gasteiger partial charge in [0.05, 0.1) is 6.33 Å². The van der Waals surface area contributed by atoms with Crippen molar-refractivity contribution in [3.05, 3.63) is 48.5 Å². The lowest BCUT2D eigenvalue weighted by molar-refractivity contribution is 0.145. The minimum Gasteiger partial charge on any atom is -0.327 e. The van der Waals surface area contributed by atoms with Crippen LogP contribution in [0.2, 0.25) is 0 Å². The van der Waals surface area contributed by atoms with Crippen LogP contribution in [0.15, 0.2) is 43.0 Å². The molecule has 2 heterocycles. The zero-order valence-corrected chi connectivity index (χ0v) is 12.7. The molecule has 0 radical (unpaired) electrons. The Hall–Kier alpha value is -1.65. The molecule has 0 amide bonds. The molecular formula is C17H24N4. The van der Waals surface area contributed by atoms with Crippen molar-refractivity contribution >= 4 is 0 Å². The van der Waals surface area contributed by atoms with E-state index in [1.165, 1.54) is 12.0 Å². The lowest BCUT2D eigenvalue weighted by Gasteiger charge is -2.36. The molecule has 1 aromatic heterocycles. The van der Waals surface area contributed by atoms with Gasteiger partial charge >= 0.3 is 0 Å². The summed E-state index contributed by atoms with van der Waals surface area (Å²) in [5.74, 6) is 0.643. The molecule has 1 aromatic carbocycles. The first-order chi connectivity index (χ1) is 10.3. The van der Waals surface area contributed by atoms with Crippen LogP contribution < -0.4 is 5.73 Å². The lowest BCUT2D eigenvalue weighted by Crippen LogP contribution is -2.46. The molecule has 1 aliphatic rings. The largest absolute Gasteiger partial charge is 0.327 e. The molecule has 1 aliphatic heterocycles. The minimum absolute atomic E-state index is 0.384. The fraction of sp³-hybridized carbons (Fsp3) is 0.471. The maximum atomic E-state index is 6.18. The molecule has 1 fully saturated rings. The molecule has 0 aliphatic carbocycles. The van der Waals surface area contributed by atoms with E-state index in [4.69, 9.17) is 5.73 Å². The molecule has 0 spiro atoms. The summed E-state index contributed by atoms with van der Waals surface area (Å²) in [6.45, 7) is 5.50. The molecule has 1 saturated heterocycles. The number of nitrogens with zero attached hydrogens (tertiary/aromatic N) is 3. The fourth-order valence-corrected chi connectivity index (χ4v) is 3.14. The second kappa shape index (κ2) is 6.41. The summed E-state index contributed by atoms with van der Waals surface area (Å²) in [4.78, 5) is 6.61. The first kappa shape index (κ1) is 14.3. The maximum Gasteiger partial charge on any atom is 0.0991 e. The summed E-state index contributed by atoms with van der Waals surface area (Å²) in [7, 11) is 0. The molecule has 0 saturated carbocycles. The number of likely N-dealkylation sites (tertiary alicyclic amines) is 1. The van der Waals surface area contributed by atoms with Gasteiger partial charge in [0, 0.05) is 37.2 Å². The first-order valence-electron chi connectivity index (χ1n) is 7.81. The van der Waals surface area contributed by atoms with Crippen LogP contribution in [-0.4, -0.2) is 33.6 Å². The van der Waals surface area contributed by atoms with E-state index in [2.05, 4.69) is 41.1 Å². The Kier molecular flexibility index (Phi) is 4.36. The van der Waals surface area contributed by atoms with E-state index in [1.807, 2.05) is 17.1 Å². The SMILES string of the molecule is CCC1CN(Cc2ccc(-n3ccnc3)cc2)CCC1N. The summed E-state index contributed by atoms with van der Waals surface area (Å²) in [5.41, 5.74) is 8.70. The standard InChI is InChI=1S/C17H24N4/c1-2-15-12-20(9-7-17(15)18)11-14-3-5-16(6-4-14)21-10-8-19-13-21/h3-6,8,10,13,15,17H,2,7,9,11-12,18H2,1H3. The second-order valence-electron chi connectivity index (χ2n) is 5.99. The molecule has 0 bridgehead atoms. The van der Waals surface area contributed by atoms with Crippen LogP contribution in [0, 0.1) is 5.92 Å². The Morgan fingerprint density at radius 1 is 1.29 bits per heavy atom. The maximum absolute atomic E-state index is 6.18. The number of nitrogens with two attached hydrogens (primary N) is 1. The Balaban J connectivity index is 1.63. The van der Waals surface area contributed by atoms with Crippen LogP contribution in [0.3, 0.4) is 0 Å². The van der Waals surface area contributed by atoms with Crippen molar-refractivity contribution in [2.24, 2.45) is 11.7 Å². The highest BCUT2D eigenvalue weighted by molar-refractivity contribution is 5.34. The van der Waals surface area contributed by atoms with Gasteiger partial charge in [-0.05, 0) is 36.6 Å². The van der Waals surface area contributed by atoms with Crippen molar-refractivity contribution in [1.82, 2.24) is 14.5 Å². The van der Waals surface area contributed by atoms with Crippen molar-refractivity contribution < 1.29 is 0 Å². The van der Waals surface area contributed by atoms with E-state index in [1.54, 1.807) is 6.20 Å². The van der Waals surface area contributed by atoms with Crippen molar-refractivity contribution in [3.63, 3.8) is 0 Å². The molecule has 112 valence electrons. The Labute approximate surface area is 126 Å². The normalized spacial score (nSPS) is 23.3. The molecule has 4 heteroatoms.